The Hall–Kier alpha value is 0.177. The first-order valence-electron chi connectivity index (χ1n) is 10.5. The van der Waals surface area contributed by atoms with Gasteiger partial charge in [-0.2, -0.15) is 0 Å². The van der Waals surface area contributed by atoms with Crippen LogP contribution in [0.5, 0.6) is 0 Å². The summed E-state index contributed by atoms with van der Waals surface area (Å²) >= 11 is 0. The third-order valence-electron chi connectivity index (χ3n) is 5.08. The Balaban J connectivity index is 3.05. The smallest absolute Gasteiger partial charge is 0.186 e. The van der Waals surface area contributed by atoms with Gasteiger partial charge in [0.15, 0.2) is 8.32 Å². The zero-order valence-corrected chi connectivity index (χ0v) is 17.6. The summed E-state index contributed by atoms with van der Waals surface area (Å²) in [6, 6.07) is 1.33. The van der Waals surface area contributed by atoms with Crippen molar-refractivity contribution < 1.29 is 4.43 Å². The van der Waals surface area contributed by atoms with E-state index in [0.717, 1.165) is 6.42 Å². The molecule has 23 heavy (non-hydrogen) atoms. The van der Waals surface area contributed by atoms with Crippen molar-refractivity contribution in [3.63, 3.8) is 0 Å². The summed E-state index contributed by atoms with van der Waals surface area (Å²) in [4.78, 5) is 0. The van der Waals surface area contributed by atoms with E-state index < -0.39 is 8.32 Å². The third kappa shape index (κ3) is 18.4. The molecule has 0 aliphatic rings. The largest absolute Gasteiger partial charge is 0.420 e. The molecule has 0 fully saturated rings. The highest BCUT2D eigenvalue weighted by Gasteiger charge is 2.18. The lowest BCUT2D eigenvalue weighted by molar-refractivity contribution is 0.400. The van der Waals surface area contributed by atoms with Crippen LogP contribution in [0.15, 0.2) is 0 Å². The Morgan fingerprint density at radius 1 is 0.565 bits per heavy atom. The van der Waals surface area contributed by atoms with Gasteiger partial charge in [0.2, 0.25) is 0 Å². The second-order valence-electron chi connectivity index (χ2n) is 7.87. The van der Waals surface area contributed by atoms with Crippen LogP contribution >= 0.6 is 0 Å². The lowest BCUT2D eigenvalue weighted by Crippen LogP contribution is -2.27. The van der Waals surface area contributed by atoms with Crippen LogP contribution in [0, 0.1) is 6.92 Å². The molecule has 0 atom stereocenters. The highest BCUT2D eigenvalue weighted by Crippen LogP contribution is 2.17. The molecule has 0 aliphatic heterocycles. The van der Waals surface area contributed by atoms with Gasteiger partial charge in [-0.1, -0.05) is 110 Å². The van der Waals surface area contributed by atoms with Crippen LogP contribution in [0.4, 0.5) is 0 Å². The molecule has 2 heteroatoms. The van der Waals surface area contributed by atoms with Crippen LogP contribution in [0.1, 0.15) is 103 Å². The van der Waals surface area contributed by atoms with E-state index in [0.29, 0.717) is 0 Å². The van der Waals surface area contributed by atoms with E-state index in [2.05, 4.69) is 20.0 Å². The van der Waals surface area contributed by atoms with Crippen molar-refractivity contribution >= 4 is 8.32 Å². The van der Waals surface area contributed by atoms with Gasteiger partial charge in [0, 0.05) is 7.11 Å². The number of hydrogen-bond acceptors (Lipinski definition) is 1. The summed E-state index contributed by atoms with van der Waals surface area (Å²) in [7, 11) is 0.598. The average molecular weight is 342 g/mol. The van der Waals surface area contributed by atoms with E-state index in [1.807, 2.05) is 7.11 Å². The predicted octanol–water partition coefficient (Wildman–Crippen LogP) is 7.91. The molecule has 0 aromatic heterocycles. The molecular formula is C21H45OSi. The molecule has 0 aromatic carbocycles. The maximum Gasteiger partial charge on any atom is 0.186 e. The predicted molar refractivity (Wildman–Crippen MR) is 109 cm³/mol. The molecule has 0 bridgehead atoms. The normalized spacial score (nSPS) is 12.0. The standard InChI is InChI=1S/C21H45OSi/c1-5-6-7-8-9-10-11-12-13-14-15-16-17-18-19-20-21-23(3,4)22-2/h1,5-21H2,2-4H3. The molecule has 1 radical (unpaired) electrons. The molecular weight excluding hydrogens is 296 g/mol. The van der Waals surface area contributed by atoms with E-state index in [4.69, 9.17) is 4.43 Å². The molecule has 0 spiro atoms. The van der Waals surface area contributed by atoms with E-state index in [-0.39, 0.29) is 0 Å². The Bertz CT molecular complexity index is 228. The molecule has 139 valence electrons. The molecule has 0 saturated carbocycles. The summed E-state index contributed by atoms with van der Waals surface area (Å²) in [6.07, 6.45) is 22.6. The molecule has 0 heterocycles. The van der Waals surface area contributed by atoms with Gasteiger partial charge in [-0.05, 0) is 19.1 Å². The van der Waals surface area contributed by atoms with Crippen LogP contribution in [0.2, 0.25) is 19.1 Å². The zero-order valence-electron chi connectivity index (χ0n) is 16.6. The number of unbranched alkanes of at least 4 members (excludes halogenated alkanes) is 15. The van der Waals surface area contributed by atoms with Gasteiger partial charge in [-0.3, -0.25) is 0 Å². The molecule has 1 nitrogen and oxygen atoms in total. The number of hydrogen-bond donors (Lipinski definition) is 0. The van der Waals surface area contributed by atoms with Gasteiger partial charge in [-0.15, -0.1) is 0 Å². The van der Waals surface area contributed by atoms with Crippen LogP contribution < -0.4 is 0 Å². The summed E-state index contributed by atoms with van der Waals surface area (Å²) in [5, 5.41) is 0. The molecule has 0 N–H and O–H groups in total. The van der Waals surface area contributed by atoms with Crippen LogP contribution in [-0.2, 0) is 4.43 Å². The highest BCUT2D eigenvalue weighted by atomic mass is 28.4. The molecule has 0 amide bonds. The molecule has 0 saturated heterocycles. The molecule has 0 aliphatic carbocycles. The first-order valence-corrected chi connectivity index (χ1v) is 13.6. The number of rotatable bonds is 18. The van der Waals surface area contributed by atoms with Crippen molar-refractivity contribution in [1.82, 2.24) is 0 Å². The third-order valence-corrected chi connectivity index (χ3v) is 7.74. The molecule has 0 rings (SSSR count). The van der Waals surface area contributed by atoms with Crippen LogP contribution in [-0.4, -0.2) is 15.4 Å². The maximum atomic E-state index is 5.60. The second kappa shape index (κ2) is 17.0. The van der Waals surface area contributed by atoms with Gasteiger partial charge >= 0.3 is 0 Å². The van der Waals surface area contributed by atoms with Gasteiger partial charge in [0.05, 0.1) is 0 Å². The quantitative estimate of drug-likeness (QED) is 0.182. The Kier molecular flexibility index (Phi) is 17.1. The fourth-order valence-corrected chi connectivity index (χ4v) is 4.43. The molecule has 0 aromatic rings. The minimum atomic E-state index is -1.29. The van der Waals surface area contributed by atoms with Crippen LogP contribution in [0.25, 0.3) is 0 Å². The first kappa shape index (κ1) is 23.2. The van der Waals surface area contributed by atoms with Gasteiger partial charge in [-0.25, -0.2) is 0 Å². The lowest BCUT2D eigenvalue weighted by atomic mass is 10.0. The van der Waals surface area contributed by atoms with Crippen molar-refractivity contribution in [3.05, 3.63) is 6.92 Å². The van der Waals surface area contributed by atoms with Gasteiger partial charge in [0.25, 0.3) is 0 Å². The second-order valence-corrected chi connectivity index (χ2v) is 12.3. The molecule has 0 unspecified atom stereocenters. The minimum absolute atomic E-state index is 1.12. The summed E-state index contributed by atoms with van der Waals surface area (Å²) in [6.45, 7) is 8.56. The van der Waals surface area contributed by atoms with Gasteiger partial charge in [0.1, 0.15) is 0 Å². The summed E-state index contributed by atoms with van der Waals surface area (Å²) in [5.41, 5.74) is 0. The van der Waals surface area contributed by atoms with E-state index in [9.17, 15) is 0 Å². The first-order chi connectivity index (χ1) is 11.1. The Morgan fingerprint density at radius 2 is 0.870 bits per heavy atom. The van der Waals surface area contributed by atoms with Crippen LogP contribution in [0.3, 0.4) is 0 Å². The van der Waals surface area contributed by atoms with Crippen molar-refractivity contribution in [1.29, 1.82) is 0 Å². The summed E-state index contributed by atoms with van der Waals surface area (Å²) < 4.78 is 5.60. The lowest BCUT2D eigenvalue weighted by Gasteiger charge is -2.19. The van der Waals surface area contributed by atoms with Crippen molar-refractivity contribution in [2.45, 2.75) is 122 Å². The monoisotopic (exact) mass is 341 g/mol. The highest BCUT2D eigenvalue weighted by molar-refractivity contribution is 6.71. The SMILES string of the molecule is [CH2]CCCCCCCCCCCCCCCCC[Si](C)(C)OC. The Morgan fingerprint density at radius 3 is 1.17 bits per heavy atom. The van der Waals surface area contributed by atoms with E-state index in [1.165, 1.54) is 102 Å². The zero-order chi connectivity index (χ0) is 17.2. The summed E-state index contributed by atoms with van der Waals surface area (Å²) in [5.74, 6) is 0. The van der Waals surface area contributed by atoms with E-state index in [1.54, 1.807) is 0 Å². The maximum absolute atomic E-state index is 5.60. The van der Waals surface area contributed by atoms with Gasteiger partial charge < -0.3 is 4.43 Å². The van der Waals surface area contributed by atoms with E-state index >= 15 is 0 Å². The fourth-order valence-electron chi connectivity index (χ4n) is 3.13. The van der Waals surface area contributed by atoms with Crippen molar-refractivity contribution in [2.24, 2.45) is 0 Å². The van der Waals surface area contributed by atoms with Crippen molar-refractivity contribution in [3.8, 4) is 0 Å². The minimum Gasteiger partial charge on any atom is -0.420 e. The average Bonchev–Trinajstić information content (AvgIpc) is 2.54. The fraction of sp³-hybridized carbons (Fsp3) is 0.952. The van der Waals surface area contributed by atoms with Crippen molar-refractivity contribution in [2.75, 3.05) is 7.11 Å². The topological polar surface area (TPSA) is 9.23 Å². The Labute approximate surface area is 149 Å².